The van der Waals surface area contributed by atoms with Crippen LogP contribution >= 0.6 is 0 Å². The van der Waals surface area contributed by atoms with Gasteiger partial charge in [-0.15, -0.1) is 0 Å². The Kier molecular flexibility index (Phi) is 5.89. The standard InChI is InChI=1S/C21H18N8O2/c30-19(25-26-21(31)18-12-23-28-24-18)9-8-17-14-29(13-15-5-2-1-3-6-15)27-20(17)16-7-4-10-22-11-16/h1-12,14H,13H2,(H,25,30)(H,26,31)(H,23,24,28). The van der Waals surface area contributed by atoms with Gasteiger partial charge in [-0.05, 0) is 23.8 Å². The van der Waals surface area contributed by atoms with Gasteiger partial charge in [0.25, 0.3) is 11.8 Å². The smallest absolute Gasteiger partial charge is 0.268 e. The predicted octanol–water partition coefficient (Wildman–Crippen LogP) is 1.59. The highest BCUT2D eigenvalue weighted by Crippen LogP contribution is 2.22. The Morgan fingerprint density at radius 3 is 2.68 bits per heavy atom. The number of H-pyrrole nitrogens is 1. The van der Waals surface area contributed by atoms with E-state index in [1.807, 2.05) is 53.3 Å². The summed E-state index contributed by atoms with van der Waals surface area (Å²) in [6.45, 7) is 0.585. The van der Waals surface area contributed by atoms with E-state index in [0.717, 1.165) is 16.7 Å². The molecule has 0 radical (unpaired) electrons. The summed E-state index contributed by atoms with van der Waals surface area (Å²) in [4.78, 5) is 28.1. The number of pyridine rings is 1. The molecule has 0 spiro atoms. The fraction of sp³-hybridized carbons (Fsp3) is 0.0476. The molecule has 0 aliphatic carbocycles. The SMILES string of the molecule is O=C(C=Cc1cn(Cc2ccccc2)nc1-c1cccnc1)NNC(=O)c1cn[nH]n1. The number of hydrazine groups is 1. The van der Waals surface area contributed by atoms with Crippen LogP contribution < -0.4 is 10.9 Å². The lowest BCUT2D eigenvalue weighted by atomic mass is 10.1. The van der Waals surface area contributed by atoms with E-state index in [1.165, 1.54) is 12.3 Å². The molecule has 3 aromatic heterocycles. The van der Waals surface area contributed by atoms with Gasteiger partial charge >= 0.3 is 0 Å². The fourth-order valence-electron chi connectivity index (χ4n) is 2.84. The summed E-state index contributed by atoms with van der Waals surface area (Å²) in [6.07, 6.45) is 9.45. The molecule has 0 saturated heterocycles. The molecule has 0 saturated carbocycles. The van der Waals surface area contributed by atoms with Crippen LogP contribution in [0.2, 0.25) is 0 Å². The second-order valence-electron chi connectivity index (χ2n) is 6.49. The molecule has 0 aliphatic heterocycles. The maximum absolute atomic E-state index is 12.1. The van der Waals surface area contributed by atoms with Crippen LogP contribution in [-0.2, 0) is 11.3 Å². The van der Waals surface area contributed by atoms with Gasteiger partial charge < -0.3 is 0 Å². The van der Waals surface area contributed by atoms with Crippen LogP contribution in [0.3, 0.4) is 0 Å². The van der Waals surface area contributed by atoms with Gasteiger partial charge in [0.2, 0.25) is 0 Å². The summed E-state index contributed by atoms with van der Waals surface area (Å²) < 4.78 is 1.81. The van der Waals surface area contributed by atoms with E-state index in [0.29, 0.717) is 12.2 Å². The number of amides is 2. The summed E-state index contributed by atoms with van der Waals surface area (Å²) in [7, 11) is 0. The van der Waals surface area contributed by atoms with Gasteiger partial charge in [-0.1, -0.05) is 30.3 Å². The van der Waals surface area contributed by atoms with Crippen LogP contribution in [0.1, 0.15) is 21.6 Å². The van der Waals surface area contributed by atoms with E-state index >= 15 is 0 Å². The summed E-state index contributed by atoms with van der Waals surface area (Å²) in [5, 5.41) is 14.2. The first-order valence-corrected chi connectivity index (χ1v) is 9.35. The second-order valence-corrected chi connectivity index (χ2v) is 6.49. The van der Waals surface area contributed by atoms with E-state index in [1.54, 1.807) is 18.5 Å². The third kappa shape index (κ3) is 5.07. The first-order valence-electron chi connectivity index (χ1n) is 9.35. The Balaban J connectivity index is 1.50. The zero-order chi connectivity index (χ0) is 21.5. The second kappa shape index (κ2) is 9.27. The highest BCUT2D eigenvalue weighted by Gasteiger charge is 2.11. The van der Waals surface area contributed by atoms with Crippen molar-refractivity contribution in [2.24, 2.45) is 0 Å². The highest BCUT2D eigenvalue weighted by molar-refractivity contribution is 5.97. The molecule has 2 amide bonds. The maximum atomic E-state index is 12.1. The largest absolute Gasteiger partial charge is 0.291 e. The minimum Gasteiger partial charge on any atom is -0.268 e. The molecule has 0 bridgehead atoms. The first kappa shape index (κ1) is 19.7. The monoisotopic (exact) mass is 414 g/mol. The molecule has 0 atom stereocenters. The Morgan fingerprint density at radius 1 is 1.06 bits per heavy atom. The van der Waals surface area contributed by atoms with E-state index in [2.05, 4.69) is 36.3 Å². The van der Waals surface area contributed by atoms with Gasteiger partial charge in [-0.2, -0.15) is 20.5 Å². The number of rotatable bonds is 6. The van der Waals surface area contributed by atoms with Crippen molar-refractivity contribution in [3.8, 4) is 11.3 Å². The van der Waals surface area contributed by atoms with Crippen molar-refractivity contribution in [1.29, 1.82) is 0 Å². The van der Waals surface area contributed by atoms with Gasteiger partial charge in [0.15, 0.2) is 5.69 Å². The third-order valence-corrected chi connectivity index (χ3v) is 4.27. The van der Waals surface area contributed by atoms with Gasteiger partial charge in [0, 0.05) is 35.8 Å². The molecule has 154 valence electrons. The summed E-state index contributed by atoms with van der Waals surface area (Å²) in [5.74, 6) is -1.09. The molecule has 0 unspecified atom stereocenters. The van der Waals surface area contributed by atoms with E-state index in [9.17, 15) is 9.59 Å². The Bertz CT molecular complexity index is 1180. The van der Waals surface area contributed by atoms with Crippen LogP contribution in [0.4, 0.5) is 0 Å². The van der Waals surface area contributed by atoms with Gasteiger partial charge in [0.05, 0.1) is 12.7 Å². The minimum atomic E-state index is -0.581. The van der Waals surface area contributed by atoms with Crippen molar-refractivity contribution in [2.45, 2.75) is 6.54 Å². The number of benzene rings is 1. The summed E-state index contributed by atoms with van der Waals surface area (Å²) in [5.41, 5.74) is 7.99. The Labute approximate surface area is 177 Å². The van der Waals surface area contributed by atoms with Crippen molar-refractivity contribution in [1.82, 2.24) is 41.0 Å². The quantitative estimate of drug-likeness (QED) is 0.324. The molecule has 0 fully saturated rings. The van der Waals surface area contributed by atoms with Crippen LogP contribution in [0.25, 0.3) is 17.3 Å². The molecular weight excluding hydrogens is 396 g/mol. The lowest BCUT2D eigenvalue weighted by molar-refractivity contribution is -0.117. The molecule has 10 heteroatoms. The molecule has 10 nitrogen and oxygen atoms in total. The Morgan fingerprint density at radius 2 is 1.94 bits per heavy atom. The summed E-state index contributed by atoms with van der Waals surface area (Å²) in [6, 6.07) is 13.7. The topological polar surface area (TPSA) is 130 Å². The lowest BCUT2D eigenvalue weighted by Crippen LogP contribution is -2.40. The molecular formula is C21H18N8O2. The molecule has 3 heterocycles. The van der Waals surface area contributed by atoms with Crippen molar-refractivity contribution in [3.63, 3.8) is 0 Å². The number of carbonyl (C=O) groups excluding carboxylic acids is 2. The number of aromatic nitrogens is 6. The number of nitrogens with zero attached hydrogens (tertiary/aromatic N) is 5. The van der Waals surface area contributed by atoms with Crippen molar-refractivity contribution in [2.75, 3.05) is 0 Å². The van der Waals surface area contributed by atoms with Crippen LogP contribution in [0.15, 0.2) is 73.3 Å². The normalized spacial score (nSPS) is 10.8. The average Bonchev–Trinajstić information content (AvgIpc) is 3.48. The highest BCUT2D eigenvalue weighted by atomic mass is 16.2. The molecule has 1 aromatic carbocycles. The fourth-order valence-corrected chi connectivity index (χ4v) is 2.84. The van der Waals surface area contributed by atoms with Crippen molar-refractivity contribution < 1.29 is 9.59 Å². The van der Waals surface area contributed by atoms with E-state index in [4.69, 9.17) is 0 Å². The number of carbonyl (C=O) groups is 2. The van der Waals surface area contributed by atoms with Gasteiger partial charge in [-0.25, -0.2) is 0 Å². The minimum absolute atomic E-state index is 0.0605. The van der Waals surface area contributed by atoms with Crippen LogP contribution in [0, 0.1) is 0 Å². The number of hydrogen-bond donors (Lipinski definition) is 3. The average molecular weight is 414 g/mol. The molecule has 4 aromatic rings. The van der Waals surface area contributed by atoms with Gasteiger partial charge in [-0.3, -0.25) is 30.1 Å². The zero-order valence-corrected chi connectivity index (χ0v) is 16.3. The van der Waals surface area contributed by atoms with E-state index in [-0.39, 0.29) is 5.69 Å². The van der Waals surface area contributed by atoms with Crippen molar-refractivity contribution in [3.05, 3.63) is 90.1 Å². The number of aromatic amines is 1. The zero-order valence-electron chi connectivity index (χ0n) is 16.3. The lowest BCUT2D eigenvalue weighted by Gasteiger charge is -2.02. The van der Waals surface area contributed by atoms with E-state index < -0.39 is 11.8 Å². The van der Waals surface area contributed by atoms with Gasteiger partial charge in [0.1, 0.15) is 5.69 Å². The maximum Gasteiger partial charge on any atom is 0.291 e. The molecule has 4 rings (SSSR count). The number of hydrogen-bond acceptors (Lipinski definition) is 6. The number of nitrogens with one attached hydrogen (secondary N) is 3. The predicted molar refractivity (Wildman–Crippen MR) is 112 cm³/mol. The van der Waals surface area contributed by atoms with Crippen molar-refractivity contribution >= 4 is 17.9 Å². The Hall–Kier alpha value is -4.60. The van der Waals surface area contributed by atoms with Crippen LogP contribution in [-0.4, -0.2) is 42.0 Å². The first-order chi connectivity index (χ1) is 15.2. The summed E-state index contributed by atoms with van der Waals surface area (Å²) >= 11 is 0. The van der Waals surface area contributed by atoms with Crippen LogP contribution in [0.5, 0.6) is 0 Å². The molecule has 0 aliphatic rings. The molecule has 31 heavy (non-hydrogen) atoms. The molecule has 3 N–H and O–H groups in total. The third-order valence-electron chi connectivity index (χ3n) is 4.27.